The standard InChI is InChI=1S/C10H19NO5S/c1-16-10(13)4-7-17(14,15)11-5-2-9(8-11)3-6-12/h9,12H,2-8H2,1H3. The van der Waals surface area contributed by atoms with Gasteiger partial charge in [-0.25, -0.2) is 12.7 Å². The number of nitrogens with zero attached hydrogens (tertiary/aromatic N) is 1. The molecule has 1 saturated heterocycles. The maximum atomic E-state index is 11.9. The third-order valence-electron chi connectivity index (χ3n) is 2.97. The highest BCUT2D eigenvalue weighted by Crippen LogP contribution is 2.22. The molecular weight excluding hydrogens is 246 g/mol. The van der Waals surface area contributed by atoms with Crippen LogP contribution in [0.3, 0.4) is 0 Å². The summed E-state index contributed by atoms with van der Waals surface area (Å²) in [6.45, 7) is 1.01. The SMILES string of the molecule is COC(=O)CCS(=O)(=O)N1CCC(CCO)C1. The molecule has 0 spiro atoms. The molecule has 0 bridgehead atoms. The third-order valence-corrected chi connectivity index (χ3v) is 4.81. The minimum Gasteiger partial charge on any atom is -0.469 e. The van der Waals surface area contributed by atoms with E-state index < -0.39 is 16.0 Å². The van der Waals surface area contributed by atoms with Crippen molar-refractivity contribution in [3.63, 3.8) is 0 Å². The normalized spacial score (nSPS) is 21.6. The monoisotopic (exact) mass is 265 g/mol. The molecule has 1 unspecified atom stereocenters. The topological polar surface area (TPSA) is 83.9 Å². The number of hydrogen-bond acceptors (Lipinski definition) is 5. The van der Waals surface area contributed by atoms with Gasteiger partial charge in [0, 0.05) is 19.7 Å². The predicted molar refractivity (Wildman–Crippen MR) is 61.8 cm³/mol. The van der Waals surface area contributed by atoms with Gasteiger partial charge in [0.05, 0.1) is 19.3 Å². The molecule has 17 heavy (non-hydrogen) atoms. The molecule has 0 aliphatic carbocycles. The number of sulfonamides is 1. The number of aliphatic hydroxyl groups excluding tert-OH is 1. The molecule has 1 rings (SSSR count). The number of carbonyl (C=O) groups excluding carboxylic acids is 1. The van der Waals surface area contributed by atoms with Crippen LogP contribution in [0, 0.1) is 5.92 Å². The Morgan fingerprint density at radius 2 is 2.24 bits per heavy atom. The first kappa shape index (κ1) is 14.4. The number of esters is 1. The highest BCUT2D eigenvalue weighted by atomic mass is 32.2. The van der Waals surface area contributed by atoms with Crippen LogP contribution in [0.4, 0.5) is 0 Å². The fraction of sp³-hybridized carbons (Fsp3) is 0.900. The Morgan fingerprint density at radius 3 is 2.82 bits per heavy atom. The van der Waals surface area contributed by atoms with E-state index in [1.807, 2.05) is 0 Å². The lowest BCUT2D eigenvalue weighted by atomic mass is 10.1. The van der Waals surface area contributed by atoms with Crippen LogP contribution < -0.4 is 0 Å². The minimum absolute atomic E-state index is 0.0840. The van der Waals surface area contributed by atoms with Crippen molar-refractivity contribution in [1.29, 1.82) is 0 Å². The fourth-order valence-electron chi connectivity index (χ4n) is 1.91. The van der Waals surface area contributed by atoms with Crippen molar-refractivity contribution in [2.45, 2.75) is 19.3 Å². The zero-order valence-electron chi connectivity index (χ0n) is 9.96. The lowest BCUT2D eigenvalue weighted by molar-refractivity contribution is -0.140. The van der Waals surface area contributed by atoms with Crippen LogP contribution in [-0.4, -0.2) is 56.4 Å². The number of carbonyl (C=O) groups is 1. The van der Waals surface area contributed by atoms with Gasteiger partial charge in [-0.3, -0.25) is 4.79 Å². The van der Waals surface area contributed by atoms with Gasteiger partial charge in [-0.1, -0.05) is 0 Å². The van der Waals surface area contributed by atoms with Crippen LogP contribution in [0.25, 0.3) is 0 Å². The number of hydrogen-bond donors (Lipinski definition) is 1. The molecule has 0 aromatic carbocycles. The average Bonchev–Trinajstić information content (AvgIpc) is 2.76. The van der Waals surface area contributed by atoms with Crippen molar-refractivity contribution >= 4 is 16.0 Å². The van der Waals surface area contributed by atoms with Gasteiger partial charge in [0.25, 0.3) is 0 Å². The van der Waals surface area contributed by atoms with E-state index >= 15 is 0 Å². The number of aliphatic hydroxyl groups is 1. The third kappa shape index (κ3) is 4.25. The summed E-state index contributed by atoms with van der Waals surface area (Å²) in [6, 6.07) is 0. The molecule has 1 aliphatic heterocycles. The lowest BCUT2D eigenvalue weighted by Gasteiger charge is -2.15. The van der Waals surface area contributed by atoms with Crippen LogP contribution in [0.1, 0.15) is 19.3 Å². The first-order valence-corrected chi connectivity index (χ1v) is 7.26. The van der Waals surface area contributed by atoms with Gasteiger partial charge < -0.3 is 9.84 Å². The smallest absolute Gasteiger partial charge is 0.306 e. The van der Waals surface area contributed by atoms with Gasteiger partial charge in [0.15, 0.2) is 0 Å². The Kier molecular flexibility index (Phi) is 5.35. The summed E-state index contributed by atoms with van der Waals surface area (Å²) in [5, 5.41) is 8.79. The molecule has 0 amide bonds. The van der Waals surface area contributed by atoms with Gasteiger partial charge in [0.2, 0.25) is 10.0 Å². The van der Waals surface area contributed by atoms with E-state index in [2.05, 4.69) is 4.74 Å². The van der Waals surface area contributed by atoms with Crippen molar-refractivity contribution in [1.82, 2.24) is 4.31 Å². The maximum Gasteiger partial charge on any atom is 0.306 e. The summed E-state index contributed by atoms with van der Waals surface area (Å²) >= 11 is 0. The molecule has 0 radical (unpaired) electrons. The summed E-state index contributed by atoms with van der Waals surface area (Å²) in [5.41, 5.74) is 0. The minimum atomic E-state index is -3.37. The molecule has 1 atom stereocenters. The highest BCUT2D eigenvalue weighted by Gasteiger charge is 2.31. The summed E-state index contributed by atoms with van der Waals surface area (Å²) in [5.74, 6) is -0.488. The van der Waals surface area contributed by atoms with Gasteiger partial charge in [0.1, 0.15) is 0 Å². The second kappa shape index (κ2) is 6.32. The van der Waals surface area contributed by atoms with Gasteiger partial charge in [-0.05, 0) is 18.8 Å². The molecule has 1 fully saturated rings. The van der Waals surface area contributed by atoms with E-state index in [-0.39, 0.29) is 24.7 Å². The summed E-state index contributed by atoms with van der Waals surface area (Å²) in [6.07, 6.45) is 1.29. The molecule has 1 heterocycles. The van der Waals surface area contributed by atoms with E-state index in [1.54, 1.807) is 0 Å². The summed E-state index contributed by atoms with van der Waals surface area (Å²) in [7, 11) is -2.13. The van der Waals surface area contributed by atoms with E-state index in [4.69, 9.17) is 5.11 Å². The lowest BCUT2D eigenvalue weighted by Crippen LogP contribution is -2.32. The molecular formula is C10H19NO5S. The Morgan fingerprint density at radius 1 is 1.53 bits per heavy atom. The first-order valence-electron chi connectivity index (χ1n) is 5.65. The van der Waals surface area contributed by atoms with Crippen molar-refractivity contribution in [2.75, 3.05) is 32.6 Å². The van der Waals surface area contributed by atoms with Crippen LogP contribution in [0.15, 0.2) is 0 Å². The zero-order valence-corrected chi connectivity index (χ0v) is 10.8. The zero-order chi connectivity index (χ0) is 12.9. The van der Waals surface area contributed by atoms with Gasteiger partial charge in [-0.15, -0.1) is 0 Å². The fourth-order valence-corrected chi connectivity index (χ4v) is 3.42. The highest BCUT2D eigenvalue weighted by molar-refractivity contribution is 7.89. The molecule has 0 aromatic heterocycles. The van der Waals surface area contributed by atoms with Crippen molar-refractivity contribution in [3.8, 4) is 0 Å². The van der Waals surface area contributed by atoms with Crippen LogP contribution in [0.2, 0.25) is 0 Å². The Bertz CT molecular complexity index is 354. The molecule has 7 heteroatoms. The predicted octanol–water partition coefficient (Wildman–Crippen LogP) is -0.416. The van der Waals surface area contributed by atoms with Gasteiger partial charge >= 0.3 is 5.97 Å². The van der Waals surface area contributed by atoms with E-state index in [1.165, 1.54) is 11.4 Å². The van der Waals surface area contributed by atoms with Crippen molar-refractivity contribution in [2.24, 2.45) is 5.92 Å². The molecule has 1 N–H and O–H groups in total. The molecule has 0 aromatic rings. The largest absolute Gasteiger partial charge is 0.469 e. The second-order valence-electron chi connectivity index (χ2n) is 4.17. The van der Waals surface area contributed by atoms with Crippen LogP contribution >= 0.6 is 0 Å². The van der Waals surface area contributed by atoms with Gasteiger partial charge in [-0.2, -0.15) is 0 Å². The molecule has 1 aliphatic rings. The average molecular weight is 265 g/mol. The van der Waals surface area contributed by atoms with Crippen LogP contribution in [0.5, 0.6) is 0 Å². The quantitative estimate of drug-likeness (QED) is 0.660. The van der Waals surface area contributed by atoms with Crippen molar-refractivity contribution < 1.29 is 23.1 Å². The van der Waals surface area contributed by atoms with E-state index in [0.717, 1.165) is 6.42 Å². The van der Waals surface area contributed by atoms with E-state index in [0.29, 0.717) is 19.5 Å². The van der Waals surface area contributed by atoms with Crippen molar-refractivity contribution in [3.05, 3.63) is 0 Å². The number of methoxy groups -OCH3 is 1. The Hall–Kier alpha value is -0.660. The summed E-state index contributed by atoms with van der Waals surface area (Å²) in [4.78, 5) is 10.9. The maximum absolute atomic E-state index is 11.9. The Labute approximate surface area is 102 Å². The number of ether oxygens (including phenoxy) is 1. The molecule has 6 nitrogen and oxygen atoms in total. The molecule has 100 valence electrons. The van der Waals surface area contributed by atoms with E-state index in [9.17, 15) is 13.2 Å². The van der Waals surface area contributed by atoms with Crippen LogP contribution in [-0.2, 0) is 19.6 Å². The summed E-state index contributed by atoms with van der Waals surface area (Å²) < 4.78 is 29.5. The Balaban J connectivity index is 2.46. The number of rotatable bonds is 6. The first-order chi connectivity index (χ1) is 7.99. The second-order valence-corrected chi connectivity index (χ2v) is 6.26. The molecule has 0 saturated carbocycles.